The van der Waals surface area contributed by atoms with Gasteiger partial charge in [-0.25, -0.2) is 9.59 Å². The van der Waals surface area contributed by atoms with Gasteiger partial charge in [0.15, 0.2) is 11.8 Å². The lowest BCUT2D eigenvalue weighted by Crippen LogP contribution is -2.63. The highest BCUT2D eigenvalue weighted by Crippen LogP contribution is 2.68. The third-order valence-corrected chi connectivity index (χ3v) is 9.16. The van der Waals surface area contributed by atoms with Crippen molar-refractivity contribution in [1.29, 1.82) is 0 Å². The van der Waals surface area contributed by atoms with Crippen molar-refractivity contribution in [2.24, 2.45) is 28.6 Å². The van der Waals surface area contributed by atoms with Gasteiger partial charge in [-0.2, -0.15) is 0 Å². The largest absolute Gasteiger partial charge is 0.509 e. The smallest absolute Gasteiger partial charge is 0.446 e. The van der Waals surface area contributed by atoms with Crippen LogP contribution in [-0.4, -0.2) is 47.4 Å². The minimum Gasteiger partial charge on any atom is -0.446 e. The Morgan fingerprint density at radius 2 is 1.94 bits per heavy atom. The maximum atomic E-state index is 13.2. The fraction of sp³-hybridized carbons (Fsp3) is 0.792. The van der Waals surface area contributed by atoms with E-state index in [0.29, 0.717) is 25.7 Å². The van der Waals surface area contributed by atoms with Crippen molar-refractivity contribution in [3.63, 3.8) is 0 Å². The van der Waals surface area contributed by atoms with Gasteiger partial charge in [0.1, 0.15) is 0 Å². The number of ether oxygens (including phenoxy) is 3. The topological polar surface area (TPSA) is 99.1 Å². The van der Waals surface area contributed by atoms with Gasteiger partial charge in [0.25, 0.3) is 0 Å². The van der Waals surface area contributed by atoms with Gasteiger partial charge in [-0.05, 0) is 74.7 Å². The Labute approximate surface area is 193 Å². The van der Waals surface area contributed by atoms with E-state index in [1.165, 1.54) is 0 Å². The van der Waals surface area contributed by atoms with E-state index in [1.807, 2.05) is 6.92 Å². The summed E-state index contributed by atoms with van der Waals surface area (Å²) in [5.74, 6) is -0.310. The van der Waals surface area contributed by atoms with E-state index >= 15 is 0 Å². The van der Waals surface area contributed by atoms with E-state index in [1.54, 1.807) is 13.0 Å². The van der Waals surface area contributed by atoms with Crippen LogP contribution in [0.1, 0.15) is 65.7 Å². The summed E-state index contributed by atoms with van der Waals surface area (Å²) in [5, 5.41) is 11.5. The van der Waals surface area contributed by atoms with Crippen LogP contribution in [0.4, 0.5) is 4.79 Å². The fourth-order valence-electron chi connectivity index (χ4n) is 7.68. The quantitative estimate of drug-likeness (QED) is 0.489. The molecule has 0 spiro atoms. The summed E-state index contributed by atoms with van der Waals surface area (Å²) >= 11 is 5.70. The monoisotopic (exact) mass is 468 g/mol. The van der Waals surface area contributed by atoms with E-state index in [9.17, 15) is 19.5 Å². The van der Waals surface area contributed by atoms with Crippen molar-refractivity contribution in [3.05, 3.63) is 11.6 Å². The Bertz CT molecular complexity index is 840. The summed E-state index contributed by atoms with van der Waals surface area (Å²) in [4.78, 5) is 37.6. The number of carbonyl (C=O) groups excluding carboxylic acids is 3. The average molecular weight is 469 g/mol. The first-order valence-corrected chi connectivity index (χ1v) is 12.2. The average Bonchev–Trinajstić information content (AvgIpc) is 3.01. The van der Waals surface area contributed by atoms with Gasteiger partial charge in [-0.3, -0.25) is 4.79 Å². The van der Waals surface area contributed by atoms with Crippen LogP contribution in [0.3, 0.4) is 0 Å². The number of hydrogen-bond donors (Lipinski definition) is 1. The number of aliphatic hydroxyl groups is 1. The molecule has 0 aromatic rings. The van der Waals surface area contributed by atoms with Crippen molar-refractivity contribution in [2.75, 3.05) is 12.7 Å². The summed E-state index contributed by atoms with van der Waals surface area (Å²) < 4.78 is 15.9. The SMILES string of the molecule is CCOC(=O)O[C@]1(C(=O)OCCl)CCC2C3CCC4=CC(=O)CC[C@]4(C)C3C(O)C[C@@]21C. The molecule has 3 saturated carbocycles. The predicted octanol–water partition coefficient (Wildman–Crippen LogP) is 4.14. The van der Waals surface area contributed by atoms with Gasteiger partial charge >= 0.3 is 12.1 Å². The van der Waals surface area contributed by atoms with Gasteiger partial charge in [-0.15, -0.1) is 0 Å². The normalized spacial score (nSPS) is 42.8. The maximum Gasteiger partial charge on any atom is 0.509 e. The number of allylic oxidation sites excluding steroid dienone is 1. The zero-order valence-electron chi connectivity index (χ0n) is 19.0. The van der Waals surface area contributed by atoms with Gasteiger partial charge in [0, 0.05) is 11.8 Å². The number of halogens is 1. The molecule has 4 rings (SSSR count). The van der Waals surface area contributed by atoms with E-state index < -0.39 is 29.2 Å². The summed E-state index contributed by atoms with van der Waals surface area (Å²) in [6.45, 7) is 5.89. The molecular formula is C24H33ClO7. The first-order valence-electron chi connectivity index (χ1n) is 11.6. The Balaban J connectivity index is 1.72. The molecule has 0 heterocycles. The molecule has 4 unspecified atom stereocenters. The van der Waals surface area contributed by atoms with Crippen molar-refractivity contribution in [1.82, 2.24) is 0 Å². The number of ketones is 1. The Hall–Kier alpha value is -1.60. The lowest BCUT2D eigenvalue weighted by Gasteiger charge is -2.60. The third kappa shape index (κ3) is 3.30. The summed E-state index contributed by atoms with van der Waals surface area (Å²) in [6, 6.07) is -0.345. The van der Waals surface area contributed by atoms with Crippen LogP contribution in [0.2, 0.25) is 0 Å². The molecule has 178 valence electrons. The predicted molar refractivity (Wildman–Crippen MR) is 116 cm³/mol. The van der Waals surface area contributed by atoms with Crippen molar-refractivity contribution < 1.29 is 33.7 Å². The molecule has 4 aliphatic rings. The van der Waals surface area contributed by atoms with Crippen LogP contribution < -0.4 is 0 Å². The first-order chi connectivity index (χ1) is 15.1. The van der Waals surface area contributed by atoms with Crippen LogP contribution in [0, 0.1) is 28.6 Å². The van der Waals surface area contributed by atoms with Gasteiger partial charge in [0.2, 0.25) is 5.60 Å². The van der Waals surface area contributed by atoms with Crippen molar-refractivity contribution in [3.8, 4) is 0 Å². The second-order valence-corrected chi connectivity index (χ2v) is 10.5. The molecule has 0 bridgehead atoms. The molecule has 7 atom stereocenters. The van der Waals surface area contributed by atoms with Crippen LogP contribution in [0.25, 0.3) is 0 Å². The molecule has 0 saturated heterocycles. The minimum atomic E-state index is -1.55. The summed E-state index contributed by atoms with van der Waals surface area (Å²) in [5.41, 5.74) is -1.46. The molecule has 8 heteroatoms. The van der Waals surface area contributed by atoms with Gasteiger partial charge in [0.05, 0.1) is 12.7 Å². The van der Waals surface area contributed by atoms with Crippen LogP contribution >= 0.6 is 11.6 Å². The molecule has 4 aliphatic carbocycles. The molecular weight excluding hydrogens is 436 g/mol. The standard InChI is InChI=1S/C24H33ClO7/c1-4-30-21(29)32-24(20(28)31-13-25)10-8-17-16-6-5-14-11-15(26)7-9-22(14,2)19(16)18(27)12-23(17,24)3/h11,16-19,27H,4-10,12-13H2,1-3H3/t16?,17?,18?,19?,22-,23-,24-/m0/s1. The number of hydrogen-bond acceptors (Lipinski definition) is 7. The van der Waals surface area contributed by atoms with Crippen LogP contribution in [0.5, 0.6) is 0 Å². The highest BCUT2D eigenvalue weighted by atomic mass is 35.5. The highest BCUT2D eigenvalue weighted by molar-refractivity contribution is 6.17. The molecule has 3 fully saturated rings. The highest BCUT2D eigenvalue weighted by Gasteiger charge is 2.71. The maximum absolute atomic E-state index is 13.2. The Kier molecular flexibility index (Phi) is 6.12. The molecule has 0 aliphatic heterocycles. The molecule has 0 amide bonds. The minimum absolute atomic E-state index is 0.00360. The molecule has 0 aromatic carbocycles. The Morgan fingerprint density at radius 3 is 2.62 bits per heavy atom. The van der Waals surface area contributed by atoms with Gasteiger partial charge in [-0.1, -0.05) is 31.0 Å². The number of alkyl halides is 1. The van der Waals surface area contributed by atoms with Crippen LogP contribution in [-0.2, 0) is 23.8 Å². The third-order valence-electron chi connectivity index (χ3n) is 9.05. The van der Waals surface area contributed by atoms with E-state index in [2.05, 4.69) is 6.92 Å². The summed E-state index contributed by atoms with van der Waals surface area (Å²) in [7, 11) is 0. The first kappa shape index (κ1) is 23.6. The molecule has 0 aromatic heterocycles. The molecule has 7 nitrogen and oxygen atoms in total. The number of carbonyl (C=O) groups is 3. The van der Waals surface area contributed by atoms with Crippen molar-refractivity contribution in [2.45, 2.75) is 77.4 Å². The van der Waals surface area contributed by atoms with Crippen LogP contribution in [0.15, 0.2) is 11.6 Å². The molecule has 32 heavy (non-hydrogen) atoms. The second-order valence-electron chi connectivity index (χ2n) is 10.3. The second kappa shape index (κ2) is 8.32. The van der Waals surface area contributed by atoms with E-state index in [4.69, 9.17) is 25.8 Å². The lowest BCUT2D eigenvalue weighted by molar-refractivity contribution is -0.202. The van der Waals surface area contributed by atoms with E-state index in [0.717, 1.165) is 24.8 Å². The summed E-state index contributed by atoms with van der Waals surface area (Å²) in [6.07, 6.45) is 4.32. The molecule has 0 radical (unpaired) electrons. The zero-order valence-corrected chi connectivity index (χ0v) is 19.8. The van der Waals surface area contributed by atoms with Crippen molar-refractivity contribution >= 4 is 29.5 Å². The number of esters is 1. The Morgan fingerprint density at radius 1 is 1.19 bits per heavy atom. The number of aliphatic hydroxyl groups excluding tert-OH is 1. The lowest BCUT2D eigenvalue weighted by atomic mass is 9.45. The number of rotatable bonds is 4. The van der Waals surface area contributed by atoms with E-state index in [-0.39, 0.29) is 41.6 Å². The zero-order chi connectivity index (χ0) is 23.3. The molecule has 1 N–H and O–H groups in total. The van der Waals surface area contributed by atoms with Gasteiger partial charge < -0.3 is 19.3 Å². The number of fused-ring (bicyclic) bond motifs is 5. The fourth-order valence-corrected chi connectivity index (χ4v) is 7.77.